The number of nitrogens with one attached hydrogen (secondary N) is 1. The van der Waals surface area contributed by atoms with Crippen molar-refractivity contribution in [3.05, 3.63) is 57.8 Å². The molecule has 0 heterocycles. The average Bonchev–Trinajstić information content (AvgIpc) is 2.40. The first-order valence-corrected chi connectivity index (χ1v) is 7.55. The van der Waals surface area contributed by atoms with Gasteiger partial charge in [-0.25, -0.2) is 4.39 Å². The summed E-state index contributed by atoms with van der Waals surface area (Å²) in [5.74, 6) is -0.205. The van der Waals surface area contributed by atoms with E-state index in [9.17, 15) is 4.39 Å². The van der Waals surface area contributed by atoms with Gasteiger partial charge < -0.3 is 5.32 Å². The lowest BCUT2D eigenvalue weighted by Gasteiger charge is -2.14. The smallest absolute Gasteiger partial charge is 0.145 e. The zero-order chi connectivity index (χ0) is 14.7. The van der Waals surface area contributed by atoms with Crippen LogP contribution in [-0.2, 0) is 6.54 Å². The summed E-state index contributed by atoms with van der Waals surface area (Å²) in [5, 5.41) is 3.39. The van der Waals surface area contributed by atoms with Gasteiger partial charge in [-0.1, -0.05) is 49.7 Å². The van der Waals surface area contributed by atoms with Gasteiger partial charge in [-0.3, -0.25) is 0 Å². The Morgan fingerprint density at radius 3 is 2.60 bits per heavy atom. The van der Waals surface area contributed by atoms with Gasteiger partial charge in [-0.2, -0.15) is 0 Å². The van der Waals surface area contributed by atoms with Crippen LogP contribution in [-0.4, -0.2) is 6.04 Å². The number of benzene rings is 2. The Labute approximate surface area is 128 Å². The molecule has 1 N–H and O–H groups in total. The lowest BCUT2D eigenvalue weighted by Crippen LogP contribution is -2.22. The van der Waals surface area contributed by atoms with Crippen LogP contribution in [0.3, 0.4) is 0 Å². The topological polar surface area (TPSA) is 12.0 Å². The van der Waals surface area contributed by atoms with Crippen molar-refractivity contribution in [2.45, 2.75) is 33.4 Å². The van der Waals surface area contributed by atoms with Crippen LogP contribution in [0, 0.1) is 12.7 Å². The lowest BCUT2D eigenvalue weighted by molar-refractivity contribution is 0.588. The van der Waals surface area contributed by atoms with Crippen molar-refractivity contribution in [1.29, 1.82) is 0 Å². The molecule has 3 heteroatoms. The minimum atomic E-state index is -0.205. The molecule has 20 heavy (non-hydrogen) atoms. The fourth-order valence-electron chi connectivity index (χ4n) is 2.12. The largest absolute Gasteiger partial charge is 0.310 e. The molecule has 0 saturated heterocycles. The Morgan fingerprint density at radius 1 is 1.15 bits per heavy atom. The highest BCUT2D eigenvalue weighted by Crippen LogP contribution is 2.31. The van der Waals surface area contributed by atoms with Crippen LogP contribution < -0.4 is 5.32 Å². The van der Waals surface area contributed by atoms with Crippen LogP contribution in [0.2, 0.25) is 0 Å². The first-order chi connectivity index (χ1) is 9.49. The van der Waals surface area contributed by atoms with E-state index in [1.807, 2.05) is 25.1 Å². The number of hydrogen-bond donors (Lipinski definition) is 1. The van der Waals surface area contributed by atoms with E-state index in [1.165, 1.54) is 0 Å². The van der Waals surface area contributed by atoms with E-state index in [0.29, 0.717) is 16.1 Å². The van der Waals surface area contributed by atoms with Crippen LogP contribution in [0.25, 0.3) is 11.1 Å². The maximum Gasteiger partial charge on any atom is 0.145 e. The molecule has 2 aromatic rings. The monoisotopic (exact) mass is 335 g/mol. The quantitative estimate of drug-likeness (QED) is 0.823. The third-order valence-electron chi connectivity index (χ3n) is 3.21. The van der Waals surface area contributed by atoms with E-state index in [4.69, 9.17) is 0 Å². The van der Waals surface area contributed by atoms with Crippen molar-refractivity contribution in [2.24, 2.45) is 0 Å². The predicted molar refractivity (Wildman–Crippen MR) is 86.2 cm³/mol. The van der Waals surface area contributed by atoms with Crippen molar-refractivity contribution in [1.82, 2.24) is 5.32 Å². The van der Waals surface area contributed by atoms with Gasteiger partial charge in [0.05, 0.1) is 4.47 Å². The molecule has 0 unspecified atom stereocenters. The second kappa shape index (κ2) is 6.51. The number of rotatable bonds is 4. The molecule has 0 radical (unpaired) electrons. The molecular formula is C17H19BrFN. The second-order valence-electron chi connectivity index (χ2n) is 5.30. The first-order valence-electron chi connectivity index (χ1n) is 6.76. The van der Waals surface area contributed by atoms with Crippen LogP contribution in [0.15, 0.2) is 40.9 Å². The second-order valence-corrected chi connectivity index (χ2v) is 6.15. The van der Waals surface area contributed by atoms with E-state index in [-0.39, 0.29) is 5.82 Å². The third kappa shape index (κ3) is 3.47. The molecule has 0 aromatic heterocycles. The molecule has 106 valence electrons. The van der Waals surface area contributed by atoms with E-state index >= 15 is 0 Å². The first kappa shape index (κ1) is 15.2. The van der Waals surface area contributed by atoms with Crippen LogP contribution in [0.1, 0.15) is 25.0 Å². The molecule has 0 aliphatic carbocycles. The van der Waals surface area contributed by atoms with Crippen LogP contribution >= 0.6 is 15.9 Å². The Morgan fingerprint density at radius 2 is 1.90 bits per heavy atom. The van der Waals surface area contributed by atoms with Crippen molar-refractivity contribution >= 4 is 15.9 Å². The van der Waals surface area contributed by atoms with Gasteiger partial charge in [-0.15, -0.1) is 0 Å². The van der Waals surface area contributed by atoms with E-state index in [1.54, 1.807) is 6.07 Å². The van der Waals surface area contributed by atoms with Gasteiger partial charge in [-0.05, 0) is 40.0 Å². The third-order valence-corrected chi connectivity index (χ3v) is 3.82. The van der Waals surface area contributed by atoms with Crippen LogP contribution in [0.5, 0.6) is 0 Å². The summed E-state index contributed by atoms with van der Waals surface area (Å²) in [4.78, 5) is 0. The summed E-state index contributed by atoms with van der Waals surface area (Å²) in [7, 11) is 0. The molecule has 0 bridgehead atoms. The Hall–Kier alpha value is -1.19. The van der Waals surface area contributed by atoms with Gasteiger partial charge >= 0.3 is 0 Å². The zero-order valence-electron chi connectivity index (χ0n) is 12.0. The van der Waals surface area contributed by atoms with E-state index in [0.717, 1.165) is 23.2 Å². The predicted octanol–water partition coefficient (Wildman–Crippen LogP) is 5.06. The van der Waals surface area contributed by atoms with Gasteiger partial charge in [0.15, 0.2) is 0 Å². The van der Waals surface area contributed by atoms with Crippen molar-refractivity contribution in [3.63, 3.8) is 0 Å². The molecule has 0 fully saturated rings. The molecule has 0 aliphatic rings. The highest BCUT2D eigenvalue weighted by molar-refractivity contribution is 9.10. The summed E-state index contributed by atoms with van der Waals surface area (Å²) < 4.78 is 14.8. The number of aryl methyl sites for hydroxylation is 1. The summed E-state index contributed by atoms with van der Waals surface area (Å²) in [6.07, 6.45) is 0. The molecule has 2 rings (SSSR count). The molecule has 0 spiro atoms. The van der Waals surface area contributed by atoms with E-state index < -0.39 is 0 Å². The summed E-state index contributed by atoms with van der Waals surface area (Å²) >= 11 is 3.26. The van der Waals surface area contributed by atoms with Crippen molar-refractivity contribution < 1.29 is 4.39 Å². The van der Waals surface area contributed by atoms with Gasteiger partial charge in [0.25, 0.3) is 0 Å². The molecule has 2 aromatic carbocycles. The zero-order valence-corrected chi connectivity index (χ0v) is 13.6. The average molecular weight is 336 g/mol. The normalized spacial score (nSPS) is 11.1. The molecule has 0 atom stereocenters. The molecular weight excluding hydrogens is 317 g/mol. The Kier molecular flexibility index (Phi) is 4.95. The van der Waals surface area contributed by atoms with E-state index in [2.05, 4.69) is 47.2 Å². The fourth-order valence-corrected chi connectivity index (χ4v) is 2.49. The Balaban J connectivity index is 2.48. The summed E-state index contributed by atoms with van der Waals surface area (Å²) in [5.41, 5.74) is 3.84. The Bertz CT molecular complexity index is 608. The number of halogens is 2. The number of hydrogen-bond acceptors (Lipinski definition) is 1. The van der Waals surface area contributed by atoms with Crippen molar-refractivity contribution in [2.75, 3.05) is 0 Å². The maximum atomic E-state index is 14.3. The van der Waals surface area contributed by atoms with Gasteiger partial charge in [0, 0.05) is 18.2 Å². The fraction of sp³-hybridized carbons (Fsp3) is 0.294. The highest BCUT2D eigenvalue weighted by Gasteiger charge is 2.12. The minimum absolute atomic E-state index is 0.205. The maximum absolute atomic E-state index is 14.3. The van der Waals surface area contributed by atoms with Crippen LogP contribution in [0.4, 0.5) is 4.39 Å². The summed E-state index contributed by atoms with van der Waals surface area (Å²) in [6.45, 7) is 6.97. The van der Waals surface area contributed by atoms with Gasteiger partial charge in [0.2, 0.25) is 0 Å². The molecule has 1 nitrogen and oxygen atoms in total. The minimum Gasteiger partial charge on any atom is -0.310 e. The standard InChI is InChI=1S/C17H19BrFN/c1-11(2)20-10-13-8-7-12(3)9-15(13)14-5-4-6-16(18)17(14)19/h4-9,11,20H,10H2,1-3H3. The van der Waals surface area contributed by atoms with Crippen molar-refractivity contribution in [3.8, 4) is 11.1 Å². The molecule has 0 aliphatic heterocycles. The molecule has 0 amide bonds. The lowest BCUT2D eigenvalue weighted by atomic mass is 9.97. The molecule has 0 saturated carbocycles. The SMILES string of the molecule is Cc1ccc(CNC(C)C)c(-c2cccc(Br)c2F)c1. The van der Waals surface area contributed by atoms with Gasteiger partial charge in [0.1, 0.15) is 5.82 Å². The highest BCUT2D eigenvalue weighted by atomic mass is 79.9. The summed E-state index contributed by atoms with van der Waals surface area (Å²) in [6, 6.07) is 12.0.